The Kier molecular flexibility index (Phi) is 5.57. The number of amides is 1. The summed E-state index contributed by atoms with van der Waals surface area (Å²) in [5.41, 5.74) is 6.65. The lowest BCUT2D eigenvalue weighted by Crippen LogP contribution is -2.42. The normalized spacial score (nSPS) is 12.9. The van der Waals surface area contributed by atoms with Gasteiger partial charge in [0, 0.05) is 19.6 Å². The zero-order chi connectivity index (χ0) is 15.3. The summed E-state index contributed by atoms with van der Waals surface area (Å²) in [7, 11) is 1.75. The Morgan fingerprint density at radius 3 is 2.50 bits per heavy atom. The van der Waals surface area contributed by atoms with Gasteiger partial charge in [-0.2, -0.15) is 0 Å². The largest absolute Gasteiger partial charge is 0.483 e. The fourth-order valence-electron chi connectivity index (χ4n) is 1.86. The van der Waals surface area contributed by atoms with Gasteiger partial charge in [0.25, 0.3) is 5.91 Å². The average molecular weight is 278 g/mol. The molecule has 1 rings (SSSR count). The molecule has 4 nitrogen and oxygen atoms in total. The van der Waals surface area contributed by atoms with Crippen molar-refractivity contribution in [1.29, 1.82) is 0 Å². The first-order chi connectivity index (χ1) is 9.27. The lowest BCUT2D eigenvalue weighted by Gasteiger charge is -2.25. The Morgan fingerprint density at radius 1 is 1.35 bits per heavy atom. The van der Waals surface area contributed by atoms with Gasteiger partial charge < -0.3 is 15.4 Å². The van der Waals surface area contributed by atoms with Gasteiger partial charge in [-0.3, -0.25) is 4.79 Å². The smallest absolute Gasteiger partial charge is 0.260 e. The third kappa shape index (κ3) is 4.23. The molecule has 112 valence electrons. The second kappa shape index (κ2) is 6.75. The highest BCUT2D eigenvalue weighted by atomic mass is 16.5. The molecule has 0 aliphatic rings. The number of ether oxygens (including phenoxy) is 1. The van der Waals surface area contributed by atoms with Gasteiger partial charge in [-0.15, -0.1) is 0 Å². The molecule has 0 aromatic heterocycles. The molecule has 0 radical (unpaired) electrons. The molecule has 0 heterocycles. The summed E-state index contributed by atoms with van der Waals surface area (Å²) in [5.74, 6) is 0.703. The maximum Gasteiger partial charge on any atom is 0.260 e. The van der Waals surface area contributed by atoms with Gasteiger partial charge in [0.15, 0.2) is 6.61 Å². The third-order valence-electron chi connectivity index (χ3n) is 3.44. The summed E-state index contributed by atoms with van der Waals surface area (Å²) in [6.45, 7) is 8.77. The van der Waals surface area contributed by atoms with E-state index in [1.165, 1.54) is 0 Å². The number of nitrogens with two attached hydrogens (primary N) is 1. The fraction of sp³-hybridized carbons (Fsp3) is 0.562. The van der Waals surface area contributed by atoms with Crippen LogP contribution in [0.15, 0.2) is 24.3 Å². The molecule has 0 bridgehead atoms. The lowest BCUT2D eigenvalue weighted by molar-refractivity contribution is -0.133. The Hall–Kier alpha value is -1.55. The molecule has 2 N–H and O–H groups in total. The minimum Gasteiger partial charge on any atom is -0.483 e. The van der Waals surface area contributed by atoms with E-state index in [2.05, 4.69) is 20.8 Å². The van der Waals surface area contributed by atoms with Gasteiger partial charge in [0.1, 0.15) is 5.75 Å². The monoisotopic (exact) mass is 278 g/mol. The van der Waals surface area contributed by atoms with Gasteiger partial charge in [0.2, 0.25) is 0 Å². The molecule has 20 heavy (non-hydrogen) atoms. The minimum atomic E-state index is -0.0633. The Labute approximate surface area is 121 Å². The van der Waals surface area contributed by atoms with Crippen LogP contribution in [0.3, 0.4) is 0 Å². The van der Waals surface area contributed by atoms with Crippen LogP contribution in [0.4, 0.5) is 0 Å². The van der Waals surface area contributed by atoms with E-state index >= 15 is 0 Å². The zero-order valence-electron chi connectivity index (χ0n) is 13.1. The van der Waals surface area contributed by atoms with Gasteiger partial charge in [-0.1, -0.05) is 39.0 Å². The number of hydrogen-bond acceptors (Lipinski definition) is 3. The lowest BCUT2D eigenvalue weighted by atomic mass is 9.86. The molecule has 1 amide bonds. The molecule has 0 aliphatic carbocycles. The van der Waals surface area contributed by atoms with E-state index in [9.17, 15) is 4.79 Å². The Balaban J connectivity index is 2.74. The van der Waals surface area contributed by atoms with Crippen molar-refractivity contribution in [3.8, 4) is 5.75 Å². The standard InChI is InChI=1S/C16H26N2O2/c1-12(10-17)18(5)15(19)11-20-14-9-7-6-8-13(14)16(2,3)4/h6-9,12H,10-11,17H2,1-5H3. The molecule has 1 unspecified atom stereocenters. The van der Waals surface area contributed by atoms with Crippen LogP contribution in [0, 0.1) is 0 Å². The quantitative estimate of drug-likeness (QED) is 0.898. The molecule has 0 spiro atoms. The number of para-hydroxylation sites is 1. The first-order valence-corrected chi connectivity index (χ1v) is 6.95. The molecule has 1 aromatic carbocycles. The second-order valence-electron chi connectivity index (χ2n) is 6.12. The summed E-state index contributed by atoms with van der Waals surface area (Å²) in [5, 5.41) is 0. The van der Waals surface area contributed by atoms with E-state index in [4.69, 9.17) is 10.5 Å². The van der Waals surface area contributed by atoms with Crippen molar-refractivity contribution in [2.45, 2.75) is 39.2 Å². The molecule has 1 aromatic rings. The summed E-state index contributed by atoms with van der Waals surface area (Å²) < 4.78 is 5.71. The van der Waals surface area contributed by atoms with Crippen molar-refractivity contribution in [2.24, 2.45) is 5.73 Å². The molecule has 0 saturated heterocycles. The summed E-state index contributed by atoms with van der Waals surface area (Å²) in [4.78, 5) is 13.6. The number of benzene rings is 1. The second-order valence-corrected chi connectivity index (χ2v) is 6.12. The maximum atomic E-state index is 12.0. The Bertz CT molecular complexity index is 452. The predicted octanol–water partition coefficient (Wildman–Crippen LogP) is 2.17. The van der Waals surface area contributed by atoms with Crippen LogP contribution in [0.2, 0.25) is 0 Å². The van der Waals surface area contributed by atoms with Crippen LogP contribution in [0.1, 0.15) is 33.3 Å². The number of hydrogen-bond donors (Lipinski definition) is 1. The van der Waals surface area contributed by atoms with Crippen LogP contribution in [0.5, 0.6) is 5.75 Å². The number of nitrogens with zero attached hydrogens (tertiary/aromatic N) is 1. The maximum absolute atomic E-state index is 12.0. The average Bonchev–Trinajstić information content (AvgIpc) is 2.42. The highest BCUT2D eigenvalue weighted by Crippen LogP contribution is 2.30. The van der Waals surface area contributed by atoms with E-state index in [1.807, 2.05) is 31.2 Å². The summed E-state index contributed by atoms with van der Waals surface area (Å²) >= 11 is 0. The van der Waals surface area contributed by atoms with Crippen molar-refractivity contribution < 1.29 is 9.53 Å². The van der Waals surface area contributed by atoms with Crippen LogP contribution in [-0.2, 0) is 10.2 Å². The first kappa shape index (κ1) is 16.5. The van der Waals surface area contributed by atoms with E-state index < -0.39 is 0 Å². The van der Waals surface area contributed by atoms with Gasteiger partial charge >= 0.3 is 0 Å². The highest BCUT2D eigenvalue weighted by molar-refractivity contribution is 5.77. The molecule has 4 heteroatoms. The minimum absolute atomic E-state index is 0.0176. The number of carbonyl (C=O) groups excluding carboxylic acids is 1. The Morgan fingerprint density at radius 2 is 1.95 bits per heavy atom. The SMILES string of the molecule is CC(CN)N(C)C(=O)COc1ccccc1C(C)(C)C. The van der Waals surface area contributed by atoms with Crippen LogP contribution in [0.25, 0.3) is 0 Å². The van der Waals surface area contributed by atoms with Crippen molar-refractivity contribution in [2.75, 3.05) is 20.2 Å². The van der Waals surface area contributed by atoms with Crippen molar-refractivity contribution >= 4 is 5.91 Å². The molecular weight excluding hydrogens is 252 g/mol. The van der Waals surface area contributed by atoms with Crippen molar-refractivity contribution in [1.82, 2.24) is 4.90 Å². The number of likely N-dealkylation sites (N-methyl/N-ethyl adjacent to an activating group) is 1. The molecule has 1 atom stereocenters. The van der Waals surface area contributed by atoms with Crippen molar-refractivity contribution in [3.63, 3.8) is 0 Å². The van der Waals surface area contributed by atoms with Gasteiger partial charge in [0.05, 0.1) is 0 Å². The topological polar surface area (TPSA) is 55.6 Å². The van der Waals surface area contributed by atoms with E-state index in [0.29, 0.717) is 6.54 Å². The predicted molar refractivity (Wildman–Crippen MR) is 81.9 cm³/mol. The summed E-state index contributed by atoms with van der Waals surface area (Å²) in [6, 6.07) is 7.86. The first-order valence-electron chi connectivity index (χ1n) is 6.95. The number of carbonyl (C=O) groups is 1. The molecular formula is C16H26N2O2. The van der Waals surface area contributed by atoms with Gasteiger partial charge in [-0.05, 0) is 24.0 Å². The highest BCUT2D eigenvalue weighted by Gasteiger charge is 2.20. The summed E-state index contributed by atoms with van der Waals surface area (Å²) in [6.07, 6.45) is 0. The van der Waals surface area contributed by atoms with Crippen LogP contribution < -0.4 is 10.5 Å². The molecule has 0 saturated carbocycles. The van der Waals surface area contributed by atoms with Gasteiger partial charge in [-0.25, -0.2) is 0 Å². The van der Waals surface area contributed by atoms with E-state index in [1.54, 1.807) is 11.9 Å². The number of rotatable bonds is 5. The van der Waals surface area contributed by atoms with E-state index in [0.717, 1.165) is 11.3 Å². The van der Waals surface area contributed by atoms with Crippen LogP contribution in [-0.4, -0.2) is 37.0 Å². The fourth-order valence-corrected chi connectivity index (χ4v) is 1.86. The van der Waals surface area contributed by atoms with E-state index in [-0.39, 0.29) is 24.0 Å². The third-order valence-corrected chi connectivity index (χ3v) is 3.44. The molecule has 0 aliphatic heterocycles. The zero-order valence-corrected chi connectivity index (χ0v) is 13.1. The van der Waals surface area contributed by atoms with Crippen LogP contribution >= 0.6 is 0 Å². The molecule has 0 fully saturated rings. The van der Waals surface area contributed by atoms with Crippen molar-refractivity contribution in [3.05, 3.63) is 29.8 Å².